The van der Waals surface area contributed by atoms with Crippen molar-refractivity contribution in [2.24, 2.45) is 11.8 Å². The van der Waals surface area contributed by atoms with E-state index in [4.69, 9.17) is 21.1 Å². The fourth-order valence-corrected chi connectivity index (χ4v) is 1.43. The van der Waals surface area contributed by atoms with Gasteiger partial charge in [-0.2, -0.15) is 0 Å². The maximum atomic E-state index is 6.12. The Balaban J connectivity index is 2.59. The molecule has 1 rings (SSSR count). The molecule has 0 saturated heterocycles. The summed E-state index contributed by atoms with van der Waals surface area (Å²) in [5.41, 5.74) is 0. The first-order chi connectivity index (χ1) is 7.99. The van der Waals surface area contributed by atoms with E-state index in [9.17, 15) is 0 Å². The molecule has 1 aromatic rings. The minimum Gasteiger partial charge on any atom is -0.493 e. The van der Waals surface area contributed by atoms with E-state index in [2.05, 4.69) is 27.7 Å². The topological polar surface area (TPSA) is 18.5 Å². The Labute approximate surface area is 109 Å². The molecule has 96 valence electrons. The van der Waals surface area contributed by atoms with Gasteiger partial charge < -0.3 is 9.47 Å². The lowest BCUT2D eigenvalue weighted by Gasteiger charge is -2.12. The summed E-state index contributed by atoms with van der Waals surface area (Å²) in [6.07, 6.45) is 0. The van der Waals surface area contributed by atoms with Crippen LogP contribution in [0.5, 0.6) is 11.5 Å². The number of hydrogen-bond donors (Lipinski definition) is 0. The van der Waals surface area contributed by atoms with Crippen LogP contribution in [0.4, 0.5) is 0 Å². The predicted molar refractivity (Wildman–Crippen MR) is 72.1 cm³/mol. The van der Waals surface area contributed by atoms with Gasteiger partial charge in [-0.3, -0.25) is 0 Å². The zero-order valence-electron chi connectivity index (χ0n) is 11.0. The molecule has 0 fully saturated rings. The Morgan fingerprint density at radius 1 is 1.00 bits per heavy atom. The molecule has 0 aliphatic heterocycles. The van der Waals surface area contributed by atoms with Crippen molar-refractivity contribution in [3.63, 3.8) is 0 Å². The summed E-state index contributed by atoms with van der Waals surface area (Å²) in [5.74, 6) is 2.51. The fraction of sp³-hybridized carbons (Fsp3) is 0.571. The summed E-state index contributed by atoms with van der Waals surface area (Å²) in [7, 11) is 0. The van der Waals surface area contributed by atoms with Crippen molar-refractivity contribution >= 4 is 11.6 Å². The van der Waals surface area contributed by atoms with E-state index in [-0.39, 0.29) is 0 Å². The third kappa shape index (κ3) is 5.31. The lowest BCUT2D eigenvalue weighted by Crippen LogP contribution is -2.06. The largest absolute Gasteiger partial charge is 0.493 e. The van der Waals surface area contributed by atoms with Crippen molar-refractivity contribution < 1.29 is 9.47 Å². The zero-order chi connectivity index (χ0) is 12.8. The lowest BCUT2D eigenvalue weighted by molar-refractivity contribution is 0.264. The summed E-state index contributed by atoms with van der Waals surface area (Å²) in [4.78, 5) is 0. The second-order valence-electron chi connectivity index (χ2n) is 5.00. The third-order valence-corrected chi connectivity index (χ3v) is 2.35. The molecule has 0 unspecified atom stereocenters. The Bertz CT molecular complexity index is 348. The first-order valence-corrected chi connectivity index (χ1v) is 6.42. The SMILES string of the molecule is CC(C)COc1ccc(OCC(C)C)c(Cl)c1. The zero-order valence-corrected chi connectivity index (χ0v) is 11.8. The average Bonchev–Trinajstić information content (AvgIpc) is 2.24. The highest BCUT2D eigenvalue weighted by Crippen LogP contribution is 2.29. The molecular weight excluding hydrogens is 236 g/mol. The number of rotatable bonds is 6. The Hall–Kier alpha value is -0.890. The van der Waals surface area contributed by atoms with Crippen LogP contribution in [0.25, 0.3) is 0 Å². The van der Waals surface area contributed by atoms with Gasteiger partial charge in [0.05, 0.1) is 18.2 Å². The van der Waals surface area contributed by atoms with Crippen LogP contribution in [0.2, 0.25) is 5.02 Å². The molecule has 1 aromatic carbocycles. The van der Waals surface area contributed by atoms with Crippen LogP contribution in [0.3, 0.4) is 0 Å². The fourth-order valence-electron chi connectivity index (χ4n) is 1.21. The van der Waals surface area contributed by atoms with Crippen molar-refractivity contribution in [2.45, 2.75) is 27.7 Å². The van der Waals surface area contributed by atoms with Crippen molar-refractivity contribution in [3.8, 4) is 11.5 Å². The van der Waals surface area contributed by atoms with Gasteiger partial charge in [0.25, 0.3) is 0 Å². The van der Waals surface area contributed by atoms with Crippen molar-refractivity contribution in [2.75, 3.05) is 13.2 Å². The molecule has 0 saturated carbocycles. The lowest BCUT2D eigenvalue weighted by atomic mass is 10.2. The third-order valence-electron chi connectivity index (χ3n) is 2.06. The standard InChI is InChI=1S/C14H21ClO2/c1-10(2)8-16-12-5-6-14(13(15)7-12)17-9-11(3)4/h5-7,10-11H,8-9H2,1-4H3. The van der Waals surface area contributed by atoms with Crippen LogP contribution in [0.15, 0.2) is 18.2 Å². The van der Waals surface area contributed by atoms with Crippen molar-refractivity contribution in [1.29, 1.82) is 0 Å². The molecule has 0 aliphatic carbocycles. The smallest absolute Gasteiger partial charge is 0.138 e. The quantitative estimate of drug-likeness (QED) is 0.751. The molecule has 0 heterocycles. The highest BCUT2D eigenvalue weighted by Gasteiger charge is 2.05. The van der Waals surface area contributed by atoms with E-state index in [1.54, 1.807) is 6.07 Å². The maximum Gasteiger partial charge on any atom is 0.138 e. The molecule has 2 nitrogen and oxygen atoms in total. The average molecular weight is 257 g/mol. The number of halogens is 1. The van der Waals surface area contributed by atoms with E-state index < -0.39 is 0 Å². The molecule has 3 heteroatoms. The van der Waals surface area contributed by atoms with Crippen LogP contribution >= 0.6 is 11.6 Å². The van der Waals surface area contributed by atoms with Gasteiger partial charge in [0.15, 0.2) is 0 Å². The van der Waals surface area contributed by atoms with Gasteiger partial charge in [-0.05, 0) is 24.0 Å². The highest BCUT2D eigenvalue weighted by atomic mass is 35.5. The summed E-state index contributed by atoms with van der Waals surface area (Å²) >= 11 is 6.12. The molecular formula is C14H21ClO2. The minimum absolute atomic E-state index is 0.489. The molecule has 0 spiro atoms. The number of hydrogen-bond acceptors (Lipinski definition) is 2. The van der Waals surface area contributed by atoms with Crippen LogP contribution in [0, 0.1) is 11.8 Å². The van der Waals surface area contributed by atoms with E-state index in [0.717, 1.165) is 11.5 Å². The second-order valence-corrected chi connectivity index (χ2v) is 5.41. The molecule has 0 aliphatic rings. The van der Waals surface area contributed by atoms with Crippen molar-refractivity contribution in [1.82, 2.24) is 0 Å². The summed E-state index contributed by atoms with van der Waals surface area (Å²) in [6, 6.07) is 5.56. The predicted octanol–water partition coefficient (Wildman–Crippen LogP) is 4.41. The summed E-state index contributed by atoms with van der Waals surface area (Å²) < 4.78 is 11.2. The first-order valence-electron chi connectivity index (χ1n) is 6.04. The first kappa shape index (κ1) is 14.2. The molecule has 17 heavy (non-hydrogen) atoms. The van der Waals surface area contributed by atoms with Crippen LogP contribution < -0.4 is 9.47 Å². The van der Waals surface area contributed by atoms with Gasteiger partial charge in [-0.1, -0.05) is 39.3 Å². The molecule has 0 N–H and O–H groups in total. The second kappa shape index (κ2) is 6.75. The molecule has 0 atom stereocenters. The van der Waals surface area contributed by atoms with Crippen LogP contribution in [-0.2, 0) is 0 Å². The molecule has 0 amide bonds. The van der Waals surface area contributed by atoms with Crippen LogP contribution in [-0.4, -0.2) is 13.2 Å². The number of benzene rings is 1. The monoisotopic (exact) mass is 256 g/mol. The van der Waals surface area contributed by atoms with Gasteiger partial charge >= 0.3 is 0 Å². The molecule has 0 radical (unpaired) electrons. The van der Waals surface area contributed by atoms with Gasteiger partial charge in [-0.15, -0.1) is 0 Å². The van der Waals surface area contributed by atoms with E-state index in [1.165, 1.54) is 0 Å². The van der Waals surface area contributed by atoms with Gasteiger partial charge in [-0.25, -0.2) is 0 Å². The van der Waals surface area contributed by atoms with Crippen LogP contribution in [0.1, 0.15) is 27.7 Å². The van der Waals surface area contributed by atoms with Gasteiger partial charge in [0.2, 0.25) is 0 Å². The van der Waals surface area contributed by atoms with E-state index >= 15 is 0 Å². The Morgan fingerprint density at radius 2 is 1.59 bits per heavy atom. The van der Waals surface area contributed by atoms with E-state index in [0.29, 0.717) is 30.1 Å². The normalized spacial score (nSPS) is 11.0. The highest BCUT2D eigenvalue weighted by molar-refractivity contribution is 6.32. The van der Waals surface area contributed by atoms with E-state index in [1.807, 2.05) is 12.1 Å². The van der Waals surface area contributed by atoms with Crippen molar-refractivity contribution in [3.05, 3.63) is 23.2 Å². The molecule has 0 bridgehead atoms. The summed E-state index contributed by atoms with van der Waals surface area (Å²) in [5, 5.41) is 0.604. The minimum atomic E-state index is 0.489. The van der Waals surface area contributed by atoms with Gasteiger partial charge in [0.1, 0.15) is 11.5 Å². The maximum absolute atomic E-state index is 6.12. The molecule has 0 aromatic heterocycles. The number of ether oxygens (including phenoxy) is 2. The Kier molecular flexibility index (Phi) is 5.63. The van der Waals surface area contributed by atoms with Gasteiger partial charge in [0, 0.05) is 6.07 Å². The Morgan fingerprint density at radius 3 is 2.12 bits per heavy atom. The summed E-state index contributed by atoms with van der Waals surface area (Å²) in [6.45, 7) is 9.81.